The molecule has 0 unspecified atom stereocenters. The zero-order chi connectivity index (χ0) is 21.0. The second kappa shape index (κ2) is 8.88. The highest BCUT2D eigenvalue weighted by Gasteiger charge is 2.26. The van der Waals surface area contributed by atoms with E-state index in [2.05, 4.69) is 0 Å². The molecular formula is C22H25NO5S. The molecule has 1 aliphatic rings. The maximum Gasteiger partial charge on any atom is 0.338 e. The van der Waals surface area contributed by atoms with Gasteiger partial charge in [-0.25, -0.2) is 13.2 Å². The summed E-state index contributed by atoms with van der Waals surface area (Å²) in [7, 11) is -3.54. The Morgan fingerprint density at radius 3 is 2.28 bits per heavy atom. The first-order chi connectivity index (χ1) is 13.8. The van der Waals surface area contributed by atoms with Crippen molar-refractivity contribution in [2.75, 3.05) is 19.7 Å². The number of ketones is 1. The quantitative estimate of drug-likeness (QED) is 0.533. The van der Waals surface area contributed by atoms with Gasteiger partial charge in [-0.2, -0.15) is 4.31 Å². The van der Waals surface area contributed by atoms with Crippen molar-refractivity contribution in [2.24, 2.45) is 0 Å². The molecule has 7 heteroatoms. The Morgan fingerprint density at radius 2 is 1.62 bits per heavy atom. The minimum Gasteiger partial charge on any atom is -0.454 e. The van der Waals surface area contributed by atoms with Crippen molar-refractivity contribution in [1.82, 2.24) is 4.31 Å². The van der Waals surface area contributed by atoms with E-state index in [1.807, 2.05) is 19.9 Å². The number of sulfonamides is 1. The van der Waals surface area contributed by atoms with Crippen LogP contribution in [0.5, 0.6) is 0 Å². The molecule has 2 aromatic carbocycles. The van der Waals surface area contributed by atoms with Crippen LogP contribution in [-0.4, -0.2) is 44.2 Å². The highest BCUT2D eigenvalue weighted by molar-refractivity contribution is 7.89. The topological polar surface area (TPSA) is 80.8 Å². The predicted octanol–water partition coefficient (Wildman–Crippen LogP) is 3.52. The van der Waals surface area contributed by atoms with E-state index < -0.39 is 22.6 Å². The summed E-state index contributed by atoms with van der Waals surface area (Å²) in [6.45, 7) is 4.38. The average Bonchev–Trinajstić information content (AvgIpc) is 2.74. The van der Waals surface area contributed by atoms with Crippen LogP contribution in [0.3, 0.4) is 0 Å². The van der Waals surface area contributed by atoms with E-state index in [0.29, 0.717) is 24.2 Å². The summed E-state index contributed by atoms with van der Waals surface area (Å²) >= 11 is 0. The lowest BCUT2D eigenvalue weighted by atomic mass is 10.0. The maximum atomic E-state index is 12.7. The number of Topliss-reactive ketones (excluding diaryl/α,β-unsaturated/α-hetero) is 1. The molecule has 0 N–H and O–H groups in total. The number of ether oxygens (including phenoxy) is 1. The Bertz CT molecular complexity index is 1010. The number of nitrogens with zero attached hydrogens (tertiary/aromatic N) is 1. The molecule has 3 rings (SSSR count). The molecule has 1 heterocycles. The average molecular weight is 416 g/mol. The fraction of sp³-hybridized carbons (Fsp3) is 0.364. The third-order valence-corrected chi connectivity index (χ3v) is 7.20. The summed E-state index contributed by atoms with van der Waals surface area (Å²) < 4.78 is 32.0. The summed E-state index contributed by atoms with van der Waals surface area (Å²) in [6.07, 6.45) is 2.77. The van der Waals surface area contributed by atoms with Gasteiger partial charge < -0.3 is 4.74 Å². The van der Waals surface area contributed by atoms with Gasteiger partial charge in [0.2, 0.25) is 10.0 Å². The van der Waals surface area contributed by atoms with Crippen molar-refractivity contribution < 1.29 is 22.7 Å². The van der Waals surface area contributed by atoms with Crippen LogP contribution < -0.4 is 0 Å². The molecule has 0 aliphatic carbocycles. The lowest BCUT2D eigenvalue weighted by Crippen LogP contribution is -2.35. The van der Waals surface area contributed by atoms with Crippen molar-refractivity contribution in [3.8, 4) is 0 Å². The van der Waals surface area contributed by atoms with Gasteiger partial charge in [-0.1, -0.05) is 18.6 Å². The van der Waals surface area contributed by atoms with Gasteiger partial charge in [-0.05, 0) is 68.1 Å². The summed E-state index contributed by atoms with van der Waals surface area (Å²) in [5, 5.41) is 0. The van der Waals surface area contributed by atoms with Gasteiger partial charge >= 0.3 is 5.97 Å². The Labute approximate surface area is 171 Å². The minimum absolute atomic E-state index is 0.170. The Morgan fingerprint density at radius 1 is 0.966 bits per heavy atom. The maximum absolute atomic E-state index is 12.7. The second-order valence-electron chi connectivity index (χ2n) is 7.24. The SMILES string of the molecule is Cc1cccc(C(=O)OCC(=O)c2ccc(S(=O)(=O)N3CCCCC3)cc2)c1C. The lowest BCUT2D eigenvalue weighted by Gasteiger charge is -2.25. The first kappa shape index (κ1) is 21.2. The molecule has 0 radical (unpaired) electrons. The van der Waals surface area contributed by atoms with E-state index in [9.17, 15) is 18.0 Å². The second-order valence-corrected chi connectivity index (χ2v) is 9.17. The summed E-state index contributed by atoms with van der Waals surface area (Å²) in [6, 6.07) is 11.1. The first-order valence-corrected chi connectivity index (χ1v) is 11.1. The lowest BCUT2D eigenvalue weighted by molar-refractivity contribution is 0.0474. The summed E-state index contributed by atoms with van der Waals surface area (Å²) in [5.41, 5.74) is 2.52. The largest absolute Gasteiger partial charge is 0.454 e. The molecule has 154 valence electrons. The van der Waals surface area contributed by atoms with Crippen LogP contribution in [0.2, 0.25) is 0 Å². The fourth-order valence-corrected chi connectivity index (χ4v) is 4.85. The molecule has 2 aromatic rings. The highest BCUT2D eigenvalue weighted by Crippen LogP contribution is 2.21. The number of rotatable bonds is 6. The third-order valence-electron chi connectivity index (χ3n) is 5.29. The number of carbonyl (C=O) groups is 2. The number of benzene rings is 2. The molecule has 1 aliphatic heterocycles. The smallest absolute Gasteiger partial charge is 0.338 e. The molecule has 0 bridgehead atoms. The number of piperidine rings is 1. The summed E-state index contributed by atoms with van der Waals surface area (Å²) in [4.78, 5) is 24.8. The zero-order valence-corrected chi connectivity index (χ0v) is 17.5. The standard InChI is InChI=1S/C22H25NO5S/c1-16-7-6-8-20(17(16)2)22(25)28-15-21(24)18-9-11-19(12-10-18)29(26,27)23-13-4-3-5-14-23/h6-12H,3-5,13-15H2,1-2H3. The molecule has 29 heavy (non-hydrogen) atoms. The molecule has 0 saturated carbocycles. The number of hydrogen-bond donors (Lipinski definition) is 0. The number of esters is 1. The molecule has 1 saturated heterocycles. The van der Waals surface area contributed by atoms with E-state index in [1.54, 1.807) is 12.1 Å². The van der Waals surface area contributed by atoms with Crippen LogP contribution in [0, 0.1) is 13.8 Å². The van der Waals surface area contributed by atoms with Gasteiger partial charge in [-0.15, -0.1) is 0 Å². The minimum atomic E-state index is -3.54. The van der Waals surface area contributed by atoms with Crippen LogP contribution in [0.1, 0.15) is 51.1 Å². The highest BCUT2D eigenvalue weighted by atomic mass is 32.2. The van der Waals surface area contributed by atoms with E-state index in [0.717, 1.165) is 30.4 Å². The molecule has 0 aromatic heterocycles. The van der Waals surface area contributed by atoms with Crippen molar-refractivity contribution in [3.63, 3.8) is 0 Å². The number of carbonyl (C=O) groups excluding carboxylic acids is 2. The normalized spacial score (nSPS) is 15.1. The predicted molar refractivity (Wildman–Crippen MR) is 110 cm³/mol. The van der Waals surface area contributed by atoms with Crippen molar-refractivity contribution in [3.05, 3.63) is 64.7 Å². The van der Waals surface area contributed by atoms with Crippen molar-refractivity contribution in [1.29, 1.82) is 0 Å². The number of aryl methyl sites for hydroxylation is 1. The van der Waals surface area contributed by atoms with Gasteiger partial charge in [0.15, 0.2) is 12.4 Å². The van der Waals surface area contributed by atoms with Crippen LogP contribution in [0.15, 0.2) is 47.4 Å². The monoisotopic (exact) mass is 415 g/mol. The van der Waals surface area contributed by atoms with Gasteiger partial charge in [0.05, 0.1) is 10.5 Å². The Balaban J connectivity index is 1.64. The Hall–Kier alpha value is -2.51. The van der Waals surface area contributed by atoms with E-state index in [1.165, 1.54) is 28.6 Å². The van der Waals surface area contributed by atoms with Gasteiger partial charge in [-0.3, -0.25) is 4.79 Å². The number of hydrogen-bond acceptors (Lipinski definition) is 5. The molecule has 1 fully saturated rings. The fourth-order valence-electron chi connectivity index (χ4n) is 3.33. The van der Waals surface area contributed by atoms with Crippen molar-refractivity contribution in [2.45, 2.75) is 38.0 Å². The van der Waals surface area contributed by atoms with Crippen molar-refractivity contribution >= 4 is 21.8 Å². The third kappa shape index (κ3) is 4.74. The zero-order valence-electron chi connectivity index (χ0n) is 16.7. The molecule has 0 amide bonds. The molecule has 0 spiro atoms. The molecular weight excluding hydrogens is 390 g/mol. The Kier molecular flexibility index (Phi) is 6.49. The van der Waals surface area contributed by atoms with Crippen LogP contribution in [0.25, 0.3) is 0 Å². The van der Waals surface area contributed by atoms with Crippen LogP contribution in [0.4, 0.5) is 0 Å². The summed E-state index contributed by atoms with van der Waals surface area (Å²) in [5.74, 6) is -0.936. The molecule has 6 nitrogen and oxygen atoms in total. The first-order valence-electron chi connectivity index (χ1n) is 9.67. The van der Waals surface area contributed by atoms with Gasteiger partial charge in [0, 0.05) is 18.7 Å². The van der Waals surface area contributed by atoms with Gasteiger partial charge in [0.1, 0.15) is 0 Å². The van der Waals surface area contributed by atoms with Crippen LogP contribution in [-0.2, 0) is 14.8 Å². The van der Waals surface area contributed by atoms with E-state index >= 15 is 0 Å². The van der Waals surface area contributed by atoms with E-state index in [-0.39, 0.29) is 10.7 Å². The van der Waals surface area contributed by atoms with Crippen LogP contribution >= 0.6 is 0 Å². The van der Waals surface area contributed by atoms with E-state index in [4.69, 9.17) is 4.74 Å². The van der Waals surface area contributed by atoms with Gasteiger partial charge in [0.25, 0.3) is 0 Å². The molecule has 0 atom stereocenters.